The van der Waals surface area contributed by atoms with Gasteiger partial charge in [0.15, 0.2) is 18.2 Å². The van der Waals surface area contributed by atoms with Gasteiger partial charge < -0.3 is 9.47 Å². The third-order valence-corrected chi connectivity index (χ3v) is 1.83. The van der Waals surface area contributed by atoms with Crippen molar-refractivity contribution in [3.05, 3.63) is 29.6 Å². The number of carbonyl (C=O) groups excluding carboxylic acids is 1. The van der Waals surface area contributed by atoms with Crippen molar-refractivity contribution < 1.29 is 18.7 Å². The molecule has 0 aliphatic carbocycles. The maximum Gasteiger partial charge on any atom is 0.344 e. The molecule has 0 N–H and O–H groups in total. The Hall–Kier alpha value is -2.09. The van der Waals surface area contributed by atoms with E-state index >= 15 is 0 Å². The molecule has 0 aliphatic rings. The second-order valence-electron chi connectivity index (χ2n) is 4.63. The molecule has 96 valence electrons. The molecule has 0 aromatic heterocycles. The lowest BCUT2D eigenvalue weighted by molar-refractivity contribution is -0.157. The summed E-state index contributed by atoms with van der Waals surface area (Å²) in [6.07, 6.45) is 0. The van der Waals surface area contributed by atoms with E-state index in [-0.39, 0.29) is 17.9 Å². The van der Waals surface area contributed by atoms with Crippen LogP contribution in [0.2, 0.25) is 0 Å². The Balaban J connectivity index is 2.59. The summed E-state index contributed by atoms with van der Waals surface area (Å²) in [6, 6.07) is 5.56. The highest BCUT2D eigenvalue weighted by Gasteiger charge is 2.17. The molecule has 18 heavy (non-hydrogen) atoms. The molecule has 0 saturated carbocycles. The highest BCUT2D eigenvalue weighted by atomic mass is 19.1. The summed E-state index contributed by atoms with van der Waals surface area (Å²) in [4.78, 5) is 11.3. The third kappa shape index (κ3) is 4.42. The number of hydrogen-bond acceptors (Lipinski definition) is 4. The predicted molar refractivity (Wildman–Crippen MR) is 62.5 cm³/mol. The van der Waals surface area contributed by atoms with Crippen molar-refractivity contribution in [2.24, 2.45) is 0 Å². The van der Waals surface area contributed by atoms with Gasteiger partial charge in [0.25, 0.3) is 0 Å². The van der Waals surface area contributed by atoms with Crippen molar-refractivity contribution >= 4 is 5.97 Å². The van der Waals surface area contributed by atoms with E-state index < -0.39 is 17.4 Å². The lowest BCUT2D eigenvalue weighted by Gasteiger charge is -2.19. The minimum atomic E-state index is -0.683. The molecule has 0 saturated heterocycles. The standard InChI is InChI=1S/C13H14FNO3/c1-13(2,3)18-12(16)8-17-11-5-4-9(7-15)6-10(11)14/h4-6H,8H2,1-3H3. The number of rotatable bonds is 3. The molecule has 0 unspecified atom stereocenters. The Bertz CT molecular complexity index is 486. The number of ether oxygens (including phenoxy) is 2. The van der Waals surface area contributed by atoms with Crippen LogP contribution in [0.5, 0.6) is 5.75 Å². The minimum Gasteiger partial charge on any atom is -0.479 e. The second-order valence-corrected chi connectivity index (χ2v) is 4.63. The molecule has 4 nitrogen and oxygen atoms in total. The maximum absolute atomic E-state index is 13.4. The molecule has 0 bridgehead atoms. The zero-order valence-electron chi connectivity index (χ0n) is 10.5. The van der Waals surface area contributed by atoms with Crippen LogP contribution in [-0.2, 0) is 9.53 Å². The monoisotopic (exact) mass is 251 g/mol. The summed E-state index contributed by atoms with van der Waals surface area (Å²) in [5.74, 6) is -1.34. The van der Waals surface area contributed by atoms with Gasteiger partial charge in [-0.15, -0.1) is 0 Å². The molecule has 1 rings (SSSR count). The first-order valence-electron chi connectivity index (χ1n) is 5.36. The van der Waals surface area contributed by atoms with Crippen molar-refractivity contribution in [1.29, 1.82) is 5.26 Å². The van der Waals surface area contributed by atoms with Crippen LogP contribution in [-0.4, -0.2) is 18.2 Å². The van der Waals surface area contributed by atoms with Gasteiger partial charge in [-0.25, -0.2) is 9.18 Å². The Morgan fingerprint density at radius 2 is 2.11 bits per heavy atom. The number of hydrogen-bond donors (Lipinski definition) is 0. The fourth-order valence-electron chi connectivity index (χ4n) is 1.20. The van der Waals surface area contributed by atoms with E-state index in [2.05, 4.69) is 0 Å². The Kier molecular flexibility index (Phi) is 4.27. The topological polar surface area (TPSA) is 59.3 Å². The molecular formula is C13H14FNO3. The van der Waals surface area contributed by atoms with E-state index in [1.54, 1.807) is 26.8 Å². The quantitative estimate of drug-likeness (QED) is 0.774. The summed E-state index contributed by atoms with van der Waals surface area (Å²) in [5.41, 5.74) is -0.416. The van der Waals surface area contributed by atoms with Gasteiger partial charge in [0.05, 0.1) is 11.6 Å². The van der Waals surface area contributed by atoms with E-state index in [0.29, 0.717) is 0 Å². The fraction of sp³-hybridized carbons (Fsp3) is 0.385. The van der Waals surface area contributed by atoms with Gasteiger partial charge >= 0.3 is 5.97 Å². The Labute approximate surface area is 105 Å². The SMILES string of the molecule is CC(C)(C)OC(=O)COc1ccc(C#N)cc1F. The molecular weight excluding hydrogens is 237 g/mol. The van der Waals surface area contributed by atoms with Crippen LogP contribution in [0.1, 0.15) is 26.3 Å². The average Bonchev–Trinajstić information content (AvgIpc) is 2.25. The van der Waals surface area contributed by atoms with Crippen LogP contribution in [0.25, 0.3) is 0 Å². The van der Waals surface area contributed by atoms with Gasteiger partial charge in [-0.05, 0) is 39.0 Å². The average molecular weight is 251 g/mol. The number of benzene rings is 1. The largest absolute Gasteiger partial charge is 0.479 e. The fourth-order valence-corrected chi connectivity index (χ4v) is 1.20. The highest BCUT2D eigenvalue weighted by Crippen LogP contribution is 2.18. The van der Waals surface area contributed by atoms with Crippen LogP contribution in [0, 0.1) is 17.1 Å². The summed E-state index contributed by atoms with van der Waals surface area (Å²) in [7, 11) is 0. The third-order valence-electron chi connectivity index (χ3n) is 1.83. The number of halogens is 1. The molecule has 0 aliphatic heterocycles. The first-order chi connectivity index (χ1) is 8.31. The highest BCUT2D eigenvalue weighted by molar-refractivity contribution is 5.71. The van der Waals surface area contributed by atoms with Crippen LogP contribution in [0.4, 0.5) is 4.39 Å². The molecule has 0 heterocycles. The lowest BCUT2D eigenvalue weighted by Crippen LogP contribution is -2.27. The van der Waals surface area contributed by atoms with Crippen molar-refractivity contribution in [2.75, 3.05) is 6.61 Å². The summed E-state index contributed by atoms with van der Waals surface area (Å²) < 4.78 is 23.4. The van der Waals surface area contributed by atoms with Crippen LogP contribution in [0.3, 0.4) is 0 Å². The number of esters is 1. The first-order valence-corrected chi connectivity index (χ1v) is 5.36. The van der Waals surface area contributed by atoms with Gasteiger partial charge in [0, 0.05) is 0 Å². The van der Waals surface area contributed by atoms with E-state index in [9.17, 15) is 9.18 Å². The van der Waals surface area contributed by atoms with Crippen LogP contribution < -0.4 is 4.74 Å². The zero-order valence-corrected chi connectivity index (χ0v) is 10.5. The number of carbonyl (C=O) groups is 1. The molecule has 0 radical (unpaired) electrons. The summed E-state index contributed by atoms with van der Waals surface area (Å²) >= 11 is 0. The predicted octanol–water partition coefficient (Wildman–Crippen LogP) is 2.42. The molecule has 0 spiro atoms. The van der Waals surface area contributed by atoms with Gasteiger partial charge in [0.1, 0.15) is 5.60 Å². The number of nitrogens with zero attached hydrogens (tertiary/aromatic N) is 1. The Morgan fingerprint density at radius 3 is 2.61 bits per heavy atom. The molecule has 0 fully saturated rings. The van der Waals surface area contributed by atoms with E-state index in [1.807, 2.05) is 0 Å². The normalized spacial score (nSPS) is 10.6. The van der Waals surface area contributed by atoms with Gasteiger partial charge in [0.2, 0.25) is 0 Å². The molecule has 5 heteroatoms. The van der Waals surface area contributed by atoms with Gasteiger partial charge in [-0.1, -0.05) is 0 Å². The second kappa shape index (κ2) is 5.50. The lowest BCUT2D eigenvalue weighted by atomic mass is 10.2. The van der Waals surface area contributed by atoms with Crippen molar-refractivity contribution in [3.63, 3.8) is 0 Å². The van der Waals surface area contributed by atoms with E-state index in [1.165, 1.54) is 12.1 Å². The van der Waals surface area contributed by atoms with E-state index in [4.69, 9.17) is 14.7 Å². The van der Waals surface area contributed by atoms with Gasteiger partial charge in [-0.3, -0.25) is 0 Å². The van der Waals surface area contributed by atoms with Crippen molar-refractivity contribution in [1.82, 2.24) is 0 Å². The maximum atomic E-state index is 13.4. The van der Waals surface area contributed by atoms with E-state index in [0.717, 1.165) is 6.07 Å². The smallest absolute Gasteiger partial charge is 0.344 e. The molecule has 0 atom stereocenters. The van der Waals surface area contributed by atoms with Crippen molar-refractivity contribution in [2.45, 2.75) is 26.4 Å². The molecule has 1 aromatic carbocycles. The van der Waals surface area contributed by atoms with Crippen LogP contribution >= 0.6 is 0 Å². The minimum absolute atomic E-state index is 0.0835. The first kappa shape index (κ1) is 14.0. The molecule has 0 amide bonds. The molecule has 1 aromatic rings. The van der Waals surface area contributed by atoms with Crippen LogP contribution in [0.15, 0.2) is 18.2 Å². The summed E-state index contributed by atoms with van der Waals surface area (Å²) in [6.45, 7) is 4.81. The summed E-state index contributed by atoms with van der Waals surface area (Å²) in [5, 5.41) is 8.57. The van der Waals surface area contributed by atoms with Crippen molar-refractivity contribution in [3.8, 4) is 11.8 Å². The Morgan fingerprint density at radius 1 is 1.44 bits per heavy atom. The number of nitriles is 1. The van der Waals surface area contributed by atoms with Gasteiger partial charge in [-0.2, -0.15) is 5.26 Å². The zero-order chi connectivity index (χ0) is 13.8.